The number of hydrogen-bond acceptors (Lipinski definition) is 5. The van der Waals surface area contributed by atoms with Crippen LogP contribution in [0.4, 0.5) is 21.9 Å². The van der Waals surface area contributed by atoms with Gasteiger partial charge in [-0.25, -0.2) is 4.79 Å². The van der Waals surface area contributed by atoms with Crippen molar-refractivity contribution in [3.05, 3.63) is 17.7 Å². The van der Waals surface area contributed by atoms with E-state index in [4.69, 9.17) is 4.74 Å². The van der Waals surface area contributed by atoms with Gasteiger partial charge in [-0.15, -0.1) is 0 Å². The second kappa shape index (κ2) is 7.64. The van der Waals surface area contributed by atoms with Crippen molar-refractivity contribution in [1.29, 1.82) is 0 Å². The summed E-state index contributed by atoms with van der Waals surface area (Å²) >= 11 is 0. The number of amides is 2. The molecule has 0 radical (unpaired) electrons. The first-order chi connectivity index (χ1) is 13.8. The van der Waals surface area contributed by atoms with Crippen molar-refractivity contribution in [1.82, 2.24) is 4.90 Å². The van der Waals surface area contributed by atoms with E-state index in [1.807, 2.05) is 27.7 Å². The summed E-state index contributed by atoms with van der Waals surface area (Å²) in [6, 6.07) is 3.43. The molecular weight excluding hydrogens is 408 g/mol. The van der Waals surface area contributed by atoms with Gasteiger partial charge in [0.2, 0.25) is 5.91 Å². The van der Waals surface area contributed by atoms with Crippen LogP contribution in [0.5, 0.6) is 0 Å². The lowest BCUT2D eigenvalue weighted by atomic mass is 9.97. The third-order valence-corrected chi connectivity index (χ3v) is 7.17. The topological polar surface area (TPSA) is 99.3 Å². The molecule has 0 spiro atoms. The minimum atomic E-state index is -3.58. The zero-order chi connectivity index (χ0) is 22.4. The molecule has 1 N–H and O–H groups in total. The Balaban J connectivity index is 1.74. The molecule has 1 unspecified atom stereocenters. The van der Waals surface area contributed by atoms with Gasteiger partial charge in [-0.3, -0.25) is 13.4 Å². The molecule has 30 heavy (non-hydrogen) atoms. The molecule has 2 aliphatic rings. The van der Waals surface area contributed by atoms with E-state index in [0.717, 1.165) is 5.56 Å². The third kappa shape index (κ3) is 4.19. The lowest BCUT2D eigenvalue weighted by Crippen LogP contribution is -2.45. The molecule has 2 heterocycles. The van der Waals surface area contributed by atoms with Gasteiger partial charge in [0, 0.05) is 32.9 Å². The lowest BCUT2D eigenvalue weighted by molar-refractivity contribution is -0.121. The van der Waals surface area contributed by atoms with Gasteiger partial charge in [-0.2, -0.15) is 8.42 Å². The molecular formula is C20H30N4O5S. The van der Waals surface area contributed by atoms with Gasteiger partial charge in [0.1, 0.15) is 5.60 Å². The Labute approximate surface area is 178 Å². The predicted octanol–water partition coefficient (Wildman–Crippen LogP) is 2.71. The number of hydrogen-bond donors (Lipinski definition) is 1. The van der Waals surface area contributed by atoms with Crippen molar-refractivity contribution >= 4 is 39.3 Å². The fraction of sp³-hybridized carbons (Fsp3) is 0.600. The van der Waals surface area contributed by atoms with Gasteiger partial charge >= 0.3 is 16.3 Å². The molecule has 10 heteroatoms. The van der Waals surface area contributed by atoms with Crippen LogP contribution in [0, 0.1) is 12.8 Å². The van der Waals surface area contributed by atoms with E-state index in [-0.39, 0.29) is 11.8 Å². The maximum absolute atomic E-state index is 12.9. The van der Waals surface area contributed by atoms with E-state index < -0.39 is 21.9 Å². The van der Waals surface area contributed by atoms with Gasteiger partial charge in [0.25, 0.3) is 0 Å². The van der Waals surface area contributed by atoms with Crippen LogP contribution in [0.2, 0.25) is 0 Å². The second-order valence-corrected chi connectivity index (χ2v) is 10.8. The zero-order valence-electron chi connectivity index (χ0n) is 18.4. The number of rotatable bonds is 2. The molecule has 0 aliphatic carbocycles. The first-order valence-electron chi connectivity index (χ1n) is 9.97. The summed E-state index contributed by atoms with van der Waals surface area (Å²) in [5.74, 6) is -0.550. The van der Waals surface area contributed by atoms with Gasteiger partial charge in [-0.1, -0.05) is 0 Å². The van der Waals surface area contributed by atoms with Crippen molar-refractivity contribution in [2.24, 2.45) is 5.92 Å². The maximum atomic E-state index is 12.9. The van der Waals surface area contributed by atoms with Crippen LogP contribution in [0.1, 0.15) is 39.2 Å². The van der Waals surface area contributed by atoms with Crippen LogP contribution in [0.25, 0.3) is 0 Å². The van der Waals surface area contributed by atoms with Gasteiger partial charge in [-0.05, 0) is 58.2 Å². The van der Waals surface area contributed by atoms with E-state index in [0.29, 0.717) is 43.0 Å². The van der Waals surface area contributed by atoms with Gasteiger partial charge in [0.05, 0.1) is 17.3 Å². The molecule has 1 fully saturated rings. The smallest absolute Gasteiger partial charge is 0.410 e. The molecule has 1 aromatic carbocycles. The van der Waals surface area contributed by atoms with Crippen molar-refractivity contribution < 1.29 is 22.7 Å². The summed E-state index contributed by atoms with van der Waals surface area (Å²) in [5, 5.41) is 2.92. The molecule has 166 valence electrons. The minimum Gasteiger partial charge on any atom is -0.444 e. The quantitative estimate of drug-likeness (QED) is 0.765. The van der Waals surface area contributed by atoms with Crippen LogP contribution >= 0.6 is 0 Å². The molecule has 1 aromatic rings. The second-order valence-electron chi connectivity index (χ2n) is 8.85. The number of anilines is 3. The highest BCUT2D eigenvalue weighted by Crippen LogP contribution is 2.42. The number of nitrogens with zero attached hydrogens (tertiary/aromatic N) is 3. The highest BCUT2D eigenvalue weighted by molar-refractivity contribution is 7.94. The highest BCUT2D eigenvalue weighted by Gasteiger charge is 2.36. The summed E-state index contributed by atoms with van der Waals surface area (Å²) in [4.78, 5) is 26.8. The minimum absolute atomic E-state index is 0.192. The summed E-state index contributed by atoms with van der Waals surface area (Å²) < 4.78 is 32.6. The summed E-state index contributed by atoms with van der Waals surface area (Å²) in [7, 11) is -0.594. The maximum Gasteiger partial charge on any atom is 0.410 e. The van der Waals surface area contributed by atoms with E-state index >= 15 is 0 Å². The molecule has 0 saturated carbocycles. The van der Waals surface area contributed by atoms with Crippen LogP contribution in [0.15, 0.2) is 12.1 Å². The molecule has 1 atom stereocenters. The van der Waals surface area contributed by atoms with Crippen molar-refractivity contribution in [3.63, 3.8) is 0 Å². The summed E-state index contributed by atoms with van der Waals surface area (Å²) in [5.41, 5.74) is 1.82. The van der Waals surface area contributed by atoms with Crippen molar-refractivity contribution in [3.8, 4) is 0 Å². The number of nitrogens with one attached hydrogen (secondary N) is 1. The number of ether oxygens (including phenoxy) is 1. The van der Waals surface area contributed by atoms with E-state index in [1.165, 1.54) is 22.7 Å². The van der Waals surface area contributed by atoms with Crippen molar-refractivity contribution in [2.45, 2.75) is 46.1 Å². The summed E-state index contributed by atoms with van der Waals surface area (Å²) in [6.07, 6.45) is 0.974. The largest absolute Gasteiger partial charge is 0.444 e. The van der Waals surface area contributed by atoms with Crippen LogP contribution in [0.3, 0.4) is 0 Å². The standard InChI is InChI=1S/C20H30N4O5S/c1-13-10-16-17(23(6)30(27,28)22(16)5)11-15(13)21-18(25)14-8-7-9-24(12-14)19(26)29-20(2,3)4/h10-11,14H,7-9,12H2,1-6H3,(H,21,25). The van der Waals surface area contributed by atoms with Crippen LogP contribution < -0.4 is 13.9 Å². The average Bonchev–Trinajstić information content (AvgIpc) is 2.81. The van der Waals surface area contributed by atoms with Crippen LogP contribution in [-0.4, -0.2) is 58.1 Å². The summed E-state index contributed by atoms with van der Waals surface area (Å²) in [6.45, 7) is 8.11. The van der Waals surface area contributed by atoms with Gasteiger partial charge < -0.3 is 15.0 Å². The molecule has 2 aliphatic heterocycles. The molecule has 3 rings (SSSR count). The lowest BCUT2D eigenvalue weighted by Gasteiger charge is -2.33. The zero-order valence-corrected chi connectivity index (χ0v) is 19.2. The van der Waals surface area contributed by atoms with Crippen LogP contribution in [-0.2, 0) is 19.7 Å². The number of carbonyl (C=O) groups excluding carboxylic acids is 2. The Kier molecular flexibility index (Phi) is 5.66. The Morgan fingerprint density at radius 1 is 1.13 bits per heavy atom. The highest BCUT2D eigenvalue weighted by atomic mass is 32.2. The number of likely N-dealkylation sites (tertiary alicyclic amines) is 1. The molecule has 9 nitrogen and oxygen atoms in total. The van der Waals surface area contributed by atoms with Crippen molar-refractivity contribution in [2.75, 3.05) is 41.1 Å². The molecule has 0 bridgehead atoms. The third-order valence-electron chi connectivity index (χ3n) is 5.39. The SMILES string of the molecule is Cc1cc2c(cc1NC(=O)C1CCCN(C(=O)OC(C)(C)C)C1)N(C)S(=O)(=O)N2C. The Morgan fingerprint density at radius 3 is 2.33 bits per heavy atom. The van der Waals surface area contributed by atoms with E-state index in [1.54, 1.807) is 17.0 Å². The monoisotopic (exact) mass is 438 g/mol. The number of carbonyl (C=O) groups is 2. The first kappa shape index (κ1) is 22.2. The van der Waals surface area contributed by atoms with Gasteiger partial charge in [0.15, 0.2) is 0 Å². The number of fused-ring (bicyclic) bond motifs is 1. The number of benzene rings is 1. The Morgan fingerprint density at radius 2 is 1.73 bits per heavy atom. The molecule has 2 amide bonds. The Hall–Kier alpha value is -2.49. The van der Waals surface area contributed by atoms with E-state index in [9.17, 15) is 18.0 Å². The Bertz CT molecular complexity index is 970. The first-order valence-corrected chi connectivity index (χ1v) is 11.4. The normalized spacial score (nSPS) is 20.7. The number of piperidine rings is 1. The molecule has 0 aromatic heterocycles. The molecule has 1 saturated heterocycles. The predicted molar refractivity (Wildman–Crippen MR) is 116 cm³/mol. The van der Waals surface area contributed by atoms with E-state index in [2.05, 4.69) is 5.32 Å². The fourth-order valence-corrected chi connectivity index (χ4v) is 4.83. The number of aryl methyl sites for hydroxylation is 1. The fourth-order valence-electron chi connectivity index (χ4n) is 3.67. The average molecular weight is 439 g/mol.